The molecule has 6 heterocycles. The van der Waals surface area contributed by atoms with E-state index in [1.807, 2.05) is 18.2 Å². The number of imidazole rings is 1. The number of benzene rings is 1. The number of aryl methyl sites for hydroxylation is 1. The summed E-state index contributed by atoms with van der Waals surface area (Å²) in [7, 11) is 1.69. The molecule has 20 heteroatoms. The van der Waals surface area contributed by atoms with E-state index in [0.29, 0.717) is 69.1 Å². The summed E-state index contributed by atoms with van der Waals surface area (Å²) in [6, 6.07) is 6.69. The highest BCUT2D eigenvalue weighted by atomic mass is 19.3. The average molecular weight is 904 g/mol. The molecule has 17 nitrogen and oxygen atoms in total. The Balaban J connectivity index is 0.736. The molecule has 2 aromatic heterocycles. The number of rotatable bonds is 13. The Kier molecular flexibility index (Phi) is 12.8. The number of alkyl halides is 3. The normalized spacial score (nSPS) is 30.3. The van der Waals surface area contributed by atoms with Crippen molar-refractivity contribution in [3.05, 3.63) is 69.9 Å². The maximum Gasteiger partial charge on any atom is 0.329 e. The Labute approximate surface area is 373 Å². The van der Waals surface area contributed by atoms with Crippen LogP contribution in [0.5, 0.6) is 0 Å². The van der Waals surface area contributed by atoms with Gasteiger partial charge in [0.25, 0.3) is 12.3 Å². The van der Waals surface area contributed by atoms with E-state index in [2.05, 4.69) is 35.4 Å². The molecule has 65 heavy (non-hydrogen) atoms. The Hall–Kier alpha value is -5.60. The van der Waals surface area contributed by atoms with Crippen LogP contribution in [0, 0.1) is 5.92 Å². The van der Waals surface area contributed by atoms with E-state index >= 15 is 4.39 Å². The molecule has 6 aliphatic rings. The van der Waals surface area contributed by atoms with Crippen molar-refractivity contribution in [1.29, 1.82) is 0 Å². The van der Waals surface area contributed by atoms with E-state index in [-0.39, 0.29) is 78.3 Å². The predicted molar refractivity (Wildman–Crippen MR) is 234 cm³/mol. The van der Waals surface area contributed by atoms with Crippen LogP contribution in [0.2, 0.25) is 0 Å². The third-order valence-corrected chi connectivity index (χ3v) is 14.2. The van der Waals surface area contributed by atoms with Crippen LogP contribution in [0.3, 0.4) is 0 Å². The fourth-order valence-electron chi connectivity index (χ4n) is 10.5. The number of aliphatic imine (C=N–C) groups is 1. The second-order valence-electron chi connectivity index (χ2n) is 18.3. The lowest BCUT2D eigenvalue weighted by Gasteiger charge is -2.42. The zero-order chi connectivity index (χ0) is 45.5. The Morgan fingerprint density at radius 2 is 1.89 bits per heavy atom. The molecule has 348 valence electrons. The number of allylic oxidation sites excluding steroid dienone is 2. The zero-order valence-electron chi connectivity index (χ0n) is 36.3. The molecule has 0 spiro atoms. The van der Waals surface area contributed by atoms with Gasteiger partial charge in [-0.25, -0.2) is 27.9 Å². The number of imide groups is 1. The molecule has 3 aromatic rings. The second kappa shape index (κ2) is 18.7. The SMILES string of the molecule is Cn1c(=O)n(C2CCC(=O)NC2=O)c2cccc(C3CC(O[C@H]4CCN(CC5CCC(N=CC(NC(=O)C(=CN)c6nccc(N7C[C@H]8C[C@@H]7CO8)n6)=C(N)C(F)F)CC5)C[C@@H]4F)C3)c21. The molecule has 2 saturated carbocycles. The van der Waals surface area contributed by atoms with Gasteiger partial charge in [-0.3, -0.25) is 38.7 Å². The van der Waals surface area contributed by atoms with Crippen molar-refractivity contribution < 1.29 is 37.0 Å². The van der Waals surface area contributed by atoms with E-state index in [4.69, 9.17) is 20.9 Å². The van der Waals surface area contributed by atoms with Crippen LogP contribution in [0.4, 0.5) is 19.0 Å². The van der Waals surface area contributed by atoms with E-state index < -0.39 is 42.3 Å². The van der Waals surface area contributed by atoms with Crippen LogP contribution in [-0.4, -0.2) is 124 Å². The highest BCUT2D eigenvalue weighted by molar-refractivity contribution is 6.19. The number of aromatic nitrogens is 4. The lowest BCUT2D eigenvalue weighted by atomic mass is 9.76. The van der Waals surface area contributed by atoms with Crippen LogP contribution in [0.1, 0.15) is 87.6 Å². The van der Waals surface area contributed by atoms with E-state index in [1.165, 1.54) is 17.0 Å². The molecule has 4 saturated heterocycles. The van der Waals surface area contributed by atoms with Gasteiger partial charge in [-0.2, -0.15) is 0 Å². The number of halogens is 3. The number of likely N-dealkylation sites (tertiary alicyclic amines) is 1. The third kappa shape index (κ3) is 9.16. The van der Waals surface area contributed by atoms with Gasteiger partial charge in [0.05, 0.1) is 59.3 Å². The molecular weight excluding hydrogens is 848 g/mol. The molecular formula is C45H56F3N11O6. The number of carbonyl (C=O) groups excluding carboxylic acids is 3. The Morgan fingerprint density at radius 1 is 1.09 bits per heavy atom. The van der Waals surface area contributed by atoms with Gasteiger partial charge >= 0.3 is 5.69 Å². The van der Waals surface area contributed by atoms with Crippen LogP contribution >= 0.6 is 0 Å². The maximum atomic E-state index is 15.7. The summed E-state index contributed by atoms with van der Waals surface area (Å²) in [5, 5.41) is 4.82. The molecule has 0 radical (unpaired) electrons. The van der Waals surface area contributed by atoms with Gasteiger partial charge in [0.2, 0.25) is 11.8 Å². The highest BCUT2D eigenvalue weighted by Gasteiger charge is 2.41. The van der Waals surface area contributed by atoms with Gasteiger partial charge in [0, 0.05) is 58.3 Å². The topological polar surface area (TPSA) is 217 Å². The molecule has 4 aliphatic heterocycles. The number of amides is 3. The number of para-hydroxylation sites is 1. The fourth-order valence-corrected chi connectivity index (χ4v) is 10.5. The summed E-state index contributed by atoms with van der Waals surface area (Å²) in [6.45, 7) is 2.98. The van der Waals surface area contributed by atoms with Crippen molar-refractivity contribution in [2.24, 2.45) is 29.4 Å². The van der Waals surface area contributed by atoms with Gasteiger partial charge in [-0.15, -0.1) is 0 Å². The summed E-state index contributed by atoms with van der Waals surface area (Å²) < 4.78 is 58.5. The quantitative estimate of drug-likeness (QED) is 0.111. The number of anilines is 1. The number of morpholine rings is 1. The Morgan fingerprint density at radius 3 is 2.58 bits per heavy atom. The van der Waals surface area contributed by atoms with Gasteiger partial charge in [-0.05, 0) is 87.3 Å². The van der Waals surface area contributed by atoms with Crippen molar-refractivity contribution in [3.63, 3.8) is 0 Å². The van der Waals surface area contributed by atoms with E-state index in [0.717, 1.165) is 43.1 Å². The molecule has 2 aliphatic carbocycles. The maximum absolute atomic E-state index is 15.7. The predicted octanol–water partition coefficient (Wildman–Crippen LogP) is 2.94. The monoisotopic (exact) mass is 903 g/mol. The highest BCUT2D eigenvalue weighted by Crippen LogP contribution is 2.43. The Bertz CT molecular complexity index is 2460. The van der Waals surface area contributed by atoms with Crippen LogP contribution in [0.25, 0.3) is 16.6 Å². The van der Waals surface area contributed by atoms with Crippen molar-refractivity contribution in [2.45, 2.75) is 119 Å². The van der Waals surface area contributed by atoms with Crippen molar-refractivity contribution >= 4 is 46.4 Å². The first-order chi connectivity index (χ1) is 31.3. The van der Waals surface area contributed by atoms with Crippen molar-refractivity contribution in [2.75, 3.05) is 37.7 Å². The third-order valence-electron chi connectivity index (χ3n) is 14.2. The van der Waals surface area contributed by atoms with Gasteiger partial charge in [0.15, 0.2) is 5.82 Å². The molecule has 1 aromatic carbocycles. The van der Waals surface area contributed by atoms with Gasteiger partial charge < -0.3 is 31.2 Å². The molecule has 5 atom stereocenters. The van der Waals surface area contributed by atoms with E-state index in [9.17, 15) is 28.0 Å². The molecule has 2 bridgehead atoms. The van der Waals surface area contributed by atoms with Crippen LogP contribution in [-0.2, 0) is 30.9 Å². The molecule has 1 unspecified atom stereocenters. The number of fused-ring (bicyclic) bond motifs is 3. The van der Waals surface area contributed by atoms with Crippen LogP contribution in [0.15, 0.2) is 57.8 Å². The smallest absolute Gasteiger partial charge is 0.329 e. The molecule has 3 amide bonds. The largest absolute Gasteiger partial charge is 0.404 e. The second-order valence-corrected chi connectivity index (χ2v) is 18.3. The van der Waals surface area contributed by atoms with Gasteiger partial charge in [0.1, 0.15) is 23.7 Å². The number of nitrogens with one attached hydrogen (secondary N) is 2. The summed E-state index contributed by atoms with van der Waals surface area (Å²) in [5.74, 6) is -0.520. The number of ether oxygens (including phenoxy) is 2. The number of nitrogens with two attached hydrogens (primary N) is 2. The molecule has 6 fully saturated rings. The fraction of sp³-hybridized carbons (Fsp3) is 0.578. The molecule has 6 N–H and O–H groups in total. The zero-order valence-corrected chi connectivity index (χ0v) is 36.3. The van der Waals surface area contributed by atoms with E-state index in [1.54, 1.807) is 17.7 Å². The summed E-state index contributed by atoms with van der Waals surface area (Å²) in [4.78, 5) is 68.8. The van der Waals surface area contributed by atoms with Gasteiger partial charge in [-0.1, -0.05) is 12.1 Å². The standard InChI is InChI=1S/C45H56F3N11O6/c1-56-40-30(3-2-4-34(40)59(45(56)63)35-9-10-38(60)55-44(35)62)25-15-28(16-25)65-36-12-14-57(22-32(36)46)20-24-5-7-26(8-6-24)52-19-33(39(50)41(47)48)53-43(61)31(18-49)42-51-13-11-37(54-42)58-21-29-17-27(58)23-64-29/h2-4,11,13,18-19,24-29,32,35-36,41H,5-10,12,14-17,20-23,49-50H2,1H3,(H,53,61)(H,55,60,62)/t24?,25?,26?,27-,28?,29-,32+,35?,36+/m1/s1. The van der Waals surface area contributed by atoms with Crippen LogP contribution < -0.4 is 32.7 Å². The number of hydrogen-bond donors (Lipinski definition) is 4. The minimum atomic E-state index is -3.04. The first-order valence-corrected chi connectivity index (χ1v) is 22.7. The molecule has 9 rings (SSSR count). The number of carbonyl (C=O) groups is 3. The number of nitrogens with zero attached hydrogens (tertiary/aromatic N) is 7. The summed E-state index contributed by atoms with van der Waals surface area (Å²) in [6.07, 6.45) is 5.40. The first kappa shape index (κ1) is 44.6. The minimum Gasteiger partial charge on any atom is -0.404 e. The lowest BCUT2D eigenvalue weighted by molar-refractivity contribution is -0.135. The summed E-state index contributed by atoms with van der Waals surface area (Å²) >= 11 is 0. The van der Waals surface area contributed by atoms with Crippen molar-refractivity contribution in [1.82, 2.24) is 34.6 Å². The van der Waals surface area contributed by atoms with Crippen molar-refractivity contribution in [3.8, 4) is 0 Å². The minimum absolute atomic E-state index is 0.0444. The first-order valence-electron chi connectivity index (χ1n) is 22.7. The average Bonchev–Trinajstić information content (AvgIpc) is 3.99. The lowest BCUT2D eigenvalue weighted by Crippen LogP contribution is -2.49. The summed E-state index contributed by atoms with van der Waals surface area (Å²) in [5.41, 5.74) is 12.4. The number of piperidine rings is 2. The number of hydrogen-bond acceptors (Lipinski definition) is 13.